The van der Waals surface area contributed by atoms with Crippen LogP contribution in [0.25, 0.3) is 0 Å². The van der Waals surface area contributed by atoms with Gasteiger partial charge in [0.25, 0.3) is 0 Å². The summed E-state index contributed by atoms with van der Waals surface area (Å²) in [6.45, 7) is 2.03. The van der Waals surface area contributed by atoms with E-state index in [9.17, 15) is 5.11 Å². The van der Waals surface area contributed by atoms with Gasteiger partial charge in [0.2, 0.25) is 0 Å². The molecule has 74 valence electrons. The van der Waals surface area contributed by atoms with E-state index in [1.54, 1.807) is 6.92 Å². The first-order chi connectivity index (χ1) is 5.57. The van der Waals surface area contributed by atoms with Crippen LogP contribution in [0.4, 0.5) is 0 Å². The highest BCUT2D eigenvalue weighted by Crippen LogP contribution is 2.34. The van der Waals surface area contributed by atoms with E-state index in [4.69, 9.17) is 28.9 Å². The van der Waals surface area contributed by atoms with Gasteiger partial charge in [-0.15, -0.1) is 12.4 Å². The number of nitrogens with two attached hydrogens (primary N) is 1. The Hall–Kier alpha value is -0.150. The van der Waals surface area contributed by atoms with Crippen molar-refractivity contribution in [1.29, 1.82) is 0 Å². The highest BCUT2D eigenvalue weighted by atomic mass is 35.5. The topological polar surface area (TPSA) is 46.2 Å². The van der Waals surface area contributed by atoms with Gasteiger partial charge < -0.3 is 10.8 Å². The molecule has 0 aliphatic rings. The number of phenolic OH excluding ortho intramolecular Hbond substituents is 1. The second-order valence-corrected chi connectivity index (χ2v) is 3.31. The van der Waals surface area contributed by atoms with Crippen LogP contribution in [0.1, 0.15) is 11.1 Å². The second kappa shape index (κ2) is 4.91. The third kappa shape index (κ3) is 2.41. The van der Waals surface area contributed by atoms with E-state index >= 15 is 0 Å². The number of hydrogen-bond donors (Lipinski definition) is 2. The van der Waals surface area contributed by atoms with Crippen molar-refractivity contribution in [3.63, 3.8) is 0 Å². The summed E-state index contributed by atoms with van der Waals surface area (Å²) in [6.07, 6.45) is 0. The summed E-state index contributed by atoms with van der Waals surface area (Å²) in [5, 5.41) is 10.2. The smallest absolute Gasteiger partial charge is 0.139 e. The van der Waals surface area contributed by atoms with Crippen molar-refractivity contribution in [2.45, 2.75) is 13.5 Å². The summed E-state index contributed by atoms with van der Waals surface area (Å²) in [6, 6.07) is 1.51. The zero-order valence-corrected chi connectivity index (χ0v) is 9.30. The fourth-order valence-corrected chi connectivity index (χ4v) is 1.51. The summed E-state index contributed by atoms with van der Waals surface area (Å²) in [5.74, 6) is 0.0288. The second-order valence-electron chi connectivity index (χ2n) is 2.50. The number of phenols is 1. The van der Waals surface area contributed by atoms with Crippen LogP contribution in [-0.2, 0) is 6.54 Å². The first-order valence-corrected chi connectivity index (χ1v) is 4.20. The van der Waals surface area contributed by atoms with E-state index in [0.717, 1.165) is 5.56 Å². The lowest BCUT2D eigenvalue weighted by atomic mass is 10.1. The van der Waals surface area contributed by atoms with Crippen molar-refractivity contribution in [2.24, 2.45) is 5.73 Å². The molecule has 0 heterocycles. The standard InChI is InChI=1S/C8H9Cl2NO.ClH/c1-4-5(3-11)8(12)7(10)2-6(4)9;/h2,12H,3,11H2,1H3;1H. The Labute approximate surface area is 93.1 Å². The number of benzene rings is 1. The highest BCUT2D eigenvalue weighted by Gasteiger charge is 2.10. The Morgan fingerprint density at radius 3 is 2.38 bits per heavy atom. The lowest BCUT2D eigenvalue weighted by Crippen LogP contribution is -2.00. The van der Waals surface area contributed by atoms with Crippen molar-refractivity contribution in [3.8, 4) is 5.75 Å². The monoisotopic (exact) mass is 241 g/mol. The summed E-state index contributed by atoms with van der Waals surface area (Å²) in [5.41, 5.74) is 6.79. The van der Waals surface area contributed by atoms with Crippen LogP contribution in [0, 0.1) is 6.92 Å². The molecule has 0 bridgehead atoms. The van der Waals surface area contributed by atoms with Gasteiger partial charge in [0.1, 0.15) is 5.75 Å². The first kappa shape index (κ1) is 12.8. The lowest BCUT2D eigenvalue weighted by molar-refractivity contribution is 0.468. The Kier molecular flexibility index (Phi) is 4.86. The Morgan fingerprint density at radius 1 is 1.38 bits per heavy atom. The van der Waals surface area contributed by atoms with Crippen molar-refractivity contribution >= 4 is 35.6 Å². The molecule has 0 radical (unpaired) electrons. The van der Waals surface area contributed by atoms with E-state index in [1.165, 1.54) is 6.07 Å². The van der Waals surface area contributed by atoms with E-state index in [-0.39, 0.29) is 29.7 Å². The summed E-state index contributed by atoms with van der Waals surface area (Å²) in [4.78, 5) is 0. The van der Waals surface area contributed by atoms with Crippen molar-refractivity contribution in [3.05, 3.63) is 27.2 Å². The molecule has 0 aliphatic carbocycles. The molecule has 0 aliphatic heterocycles. The zero-order valence-electron chi connectivity index (χ0n) is 6.97. The maximum Gasteiger partial charge on any atom is 0.139 e. The summed E-state index contributed by atoms with van der Waals surface area (Å²) < 4.78 is 0. The Bertz CT molecular complexity index is 288. The van der Waals surface area contributed by atoms with Crippen LogP contribution in [0.3, 0.4) is 0 Å². The van der Waals surface area contributed by atoms with Crippen molar-refractivity contribution in [1.82, 2.24) is 0 Å². The fourth-order valence-electron chi connectivity index (χ4n) is 1.00. The van der Waals surface area contributed by atoms with Gasteiger partial charge in [-0.3, -0.25) is 0 Å². The fraction of sp³-hybridized carbons (Fsp3) is 0.250. The van der Waals surface area contributed by atoms with Gasteiger partial charge in [0, 0.05) is 17.1 Å². The third-order valence-corrected chi connectivity index (χ3v) is 2.46. The van der Waals surface area contributed by atoms with Crippen LogP contribution >= 0.6 is 35.6 Å². The number of hydrogen-bond acceptors (Lipinski definition) is 2. The molecular formula is C8H10Cl3NO. The average molecular weight is 243 g/mol. The Balaban J connectivity index is 0.00000144. The molecular weight excluding hydrogens is 232 g/mol. The van der Waals surface area contributed by atoms with E-state index in [2.05, 4.69) is 0 Å². The SMILES string of the molecule is Cc1c(Cl)cc(Cl)c(O)c1CN.Cl. The van der Waals surface area contributed by atoms with Gasteiger partial charge in [-0.25, -0.2) is 0 Å². The van der Waals surface area contributed by atoms with Crippen LogP contribution in [0.2, 0.25) is 10.0 Å². The van der Waals surface area contributed by atoms with E-state index in [1.807, 2.05) is 0 Å². The number of rotatable bonds is 1. The molecule has 0 saturated carbocycles. The van der Waals surface area contributed by atoms with Gasteiger partial charge in [0.15, 0.2) is 0 Å². The quantitative estimate of drug-likeness (QED) is 0.795. The minimum atomic E-state index is 0. The molecule has 2 nitrogen and oxygen atoms in total. The predicted octanol–water partition coefficient (Wildman–Crippen LogP) is 2.89. The van der Waals surface area contributed by atoms with Gasteiger partial charge in [-0.05, 0) is 18.6 Å². The molecule has 3 N–H and O–H groups in total. The van der Waals surface area contributed by atoms with E-state index < -0.39 is 0 Å². The molecule has 0 aromatic heterocycles. The molecule has 0 saturated heterocycles. The summed E-state index contributed by atoms with van der Waals surface area (Å²) >= 11 is 11.5. The Morgan fingerprint density at radius 2 is 1.92 bits per heavy atom. The highest BCUT2D eigenvalue weighted by molar-refractivity contribution is 6.36. The van der Waals surface area contributed by atoms with Gasteiger partial charge in [0.05, 0.1) is 5.02 Å². The van der Waals surface area contributed by atoms with Gasteiger partial charge in [-0.1, -0.05) is 23.2 Å². The molecule has 0 fully saturated rings. The third-order valence-electron chi connectivity index (χ3n) is 1.78. The summed E-state index contributed by atoms with van der Waals surface area (Å²) in [7, 11) is 0. The minimum absolute atomic E-state index is 0. The zero-order chi connectivity index (χ0) is 9.30. The molecule has 0 amide bonds. The molecule has 0 unspecified atom stereocenters. The molecule has 1 rings (SSSR count). The molecule has 13 heavy (non-hydrogen) atoms. The number of halogens is 3. The molecule has 1 aromatic carbocycles. The predicted molar refractivity (Wildman–Crippen MR) is 58.0 cm³/mol. The first-order valence-electron chi connectivity index (χ1n) is 3.44. The van der Waals surface area contributed by atoms with Crippen LogP contribution in [0.15, 0.2) is 6.07 Å². The maximum atomic E-state index is 9.43. The van der Waals surface area contributed by atoms with Gasteiger partial charge in [-0.2, -0.15) is 0 Å². The van der Waals surface area contributed by atoms with Gasteiger partial charge >= 0.3 is 0 Å². The van der Waals surface area contributed by atoms with Crippen molar-refractivity contribution < 1.29 is 5.11 Å². The van der Waals surface area contributed by atoms with Crippen molar-refractivity contribution in [2.75, 3.05) is 0 Å². The minimum Gasteiger partial charge on any atom is -0.506 e. The van der Waals surface area contributed by atoms with E-state index in [0.29, 0.717) is 10.6 Å². The largest absolute Gasteiger partial charge is 0.506 e. The lowest BCUT2D eigenvalue weighted by Gasteiger charge is -2.08. The normalized spacial score (nSPS) is 9.54. The molecule has 5 heteroatoms. The molecule has 0 spiro atoms. The molecule has 0 atom stereocenters. The number of aromatic hydroxyl groups is 1. The van der Waals surface area contributed by atoms with Crippen LogP contribution in [0.5, 0.6) is 5.75 Å². The van der Waals surface area contributed by atoms with Crippen LogP contribution < -0.4 is 5.73 Å². The van der Waals surface area contributed by atoms with Crippen LogP contribution in [-0.4, -0.2) is 5.11 Å². The maximum absolute atomic E-state index is 9.43. The average Bonchev–Trinajstić information content (AvgIpc) is 2.02. The molecule has 1 aromatic rings.